The SMILES string of the molecule is CC(C)Nc1ccccc1NC(N)=S. The molecule has 0 bridgehead atoms. The Kier molecular flexibility index (Phi) is 3.71. The van der Waals surface area contributed by atoms with Gasteiger partial charge in [-0.1, -0.05) is 12.1 Å². The lowest BCUT2D eigenvalue weighted by Gasteiger charge is -2.15. The minimum absolute atomic E-state index is 0.281. The lowest BCUT2D eigenvalue weighted by Crippen LogP contribution is -2.20. The summed E-state index contributed by atoms with van der Waals surface area (Å²) in [6.45, 7) is 4.16. The number of anilines is 2. The van der Waals surface area contributed by atoms with Crippen LogP contribution < -0.4 is 16.4 Å². The van der Waals surface area contributed by atoms with E-state index in [1.54, 1.807) is 0 Å². The molecule has 0 saturated carbocycles. The zero-order valence-electron chi connectivity index (χ0n) is 8.37. The predicted molar refractivity (Wildman–Crippen MR) is 65.6 cm³/mol. The van der Waals surface area contributed by atoms with Crippen LogP contribution in [0.15, 0.2) is 24.3 Å². The third-order valence-electron chi connectivity index (χ3n) is 1.63. The molecule has 76 valence electrons. The highest BCUT2D eigenvalue weighted by atomic mass is 32.1. The summed E-state index contributed by atoms with van der Waals surface area (Å²) in [5.41, 5.74) is 7.34. The second kappa shape index (κ2) is 4.81. The van der Waals surface area contributed by atoms with Gasteiger partial charge >= 0.3 is 0 Å². The summed E-state index contributed by atoms with van der Waals surface area (Å²) in [5, 5.41) is 6.51. The molecule has 0 aliphatic rings. The summed E-state index contributed by atoms with van der Waals surface area (Å²) < 4.78 is 0. The van der Waals surface area contributed by atoms with Gasteiger partial charge in [-0.3, -0.25) is 0 Å². The summed E-state index contributed by atoms with van der Waals surface area (Å²) in [6, 6.07) is 8.20. The van der Waals surface area contributed by atoms with E-state index in [4.69, 9.17) is 18.0 Å². The first-order chi connectivity index (χ1) is 6.59. The molecule has 3 nitrogen and oxygen atoms in total. The second-order valence-corrected chi connectivity index (χ2v) is 3.77. The van der Waals surface area contributed by atoms with E-state index in [9.17, 15) is 0 Å². The van der Waals surface area contributed by atoms with Crippen molar-refractivity contribution in [3.05, 3.63) is 24.3 Å². The number of thiocarbonyl (C=S) groups is 1. The van der Waals surface area contributed by atoms with Crippen LogP contribution in [0.5, 0.6) is 0 Å². The van der Waals surface area contributed by atoms with Crippen molar-refractivity contribution in [1.29, 1.82) is 0 Å². The molecule has 4 heteroatoms. The summed E-state index contributed by atoms with van der Waals surface area (Å²) in [6.07, 6.45) is 0. The molecule has 0 aliphatic heterocycles. The van der Waals surface area contributed by atoms with Crippen molar-refractivity contribution < 1.29 is 0 Å². The minimum Gasteiger partial charge on any atom is -0.381 e. The molecule has 0 aliphatic carbocycles. The molecule has 0 spiro atoms. The Morgan fingerprint density at radius 3 is 2.36 bits per heavy atom. The van der Waals surface area contributed by atoms with Crippen molar-refractivity contribution in [3.63, 3.8) is 0 Å². The Morgan fingerprint density at radius 1 is 1.29 bits per heavy atom. The second-order valence-electron chi connectivity index (χ2n) is 3.33. The molecule has 0 atom stereocenters. The van der Waals surface area contributed by atoms with Gasteiger partial charge in [0.2, 0.25) is 0 Å². The number of nitrogens with two attached hydrogens (primary N) is 1. The number of rotatable bonds is 3. The van der Waals surface area contributed by atoms with Crippen molar-refractivity contribution in [3.8, 4) is 0 Å². The molecule has 1 aromatic rings. The fourth-order valence-electron chi connectivity index (χ4n) is 1.16. The van der Waals surface area contributed by atoms with Crippen LogP contribution in [0, 0.1) is 0 Å². The van der Waals surface area contributed by atoms with E-state index >= 15 is 0 Å². The first-order valence-corrected chi connectivity index (χ1v) is 4.92. The maximum absolute atomic E-state index is 5.42. The van der Waals surface area contributed by atoms with E-state index in [2.05, 4.69) is 24.5 Å². The quantitative estimate of drug-likeness (QED) is 0.668. The number of para-hydroxylation sites is 2. The summed E-state index contributed by atoms with van der Waals surface area (Å²) in [4.78, 5) is 0. The van der Waals surface area contributed by atoms with Crippen LogP contribution in [-0.2, 0) is 0 Å². The topological polar surface area (TPSA) is 50.1 Å². The van der Waals surface area contributed by atoms with E-state index in [0.717, 1.165) is 11.4 Å². The van der Waals surface area contributed by atoms with Gasteiger partial charge in [0.15, 0.2) is 5.11 Å². The number of hydrogen-bond acceptors (Lipinski definition) is 2. The number of benzene rings is 1. The van der Waals surface area contributed by atoms with Gasteiger partial charge in [-0.2, -0.15) is 0 Å². The van der Waals surface area contributed by atoms with Crippen LogP contribution in [-0.4, -0.2) is 11.2 Å². The smallest absolute Gasteiger partial charge is 0.168 e. The highest BCUT2D eigenvalue weighted by Gasteiger charge is 2.02. The van der Waals surface area contributed by atoms with Crippen molar-refractivity contribution in [2.75, 3.05) is 10.6 Å². The summed E-state index contributed by atoms with van der Waals surface area (Å²) >= 11 is 4.79. The van der Waals surface area contributed by atoms with E-state index in [-0.39, 0.29) is 5.11 Å². The molecule has 0 saturated heterocycles. The first-order valence-electron chi connectivity index (χ1n) is 4.51. The van der Waals surface area contributed by atoms with E-state index in [0.29, 0.717) is 6.04 Å². The molecule has 0 amide bonds. The van der Waals surface area contributed by atoms with Gasteiger partial charge in [0.1, 0.15) is 0 Å². The highest BCUT2D eigenvalue weighted by Crippen LogP contribution is 2.21. The standard InChI is InChI=1S/C10H15N3S/c1-7(2)12-8-5-3-4-6-9(8)13-10(11)14/h3-7,12H,1-2H3,(H3,11,13,14). The monoisotopic (exact) mass is 209 g/mol. The lowest BCUT2D eigenvalue weighted by atomic mass is 10.2. The van der Waals surface area contributed by atoms with Crippen LogP contribution in [0.3, 0.4) is 0 Å². The molecule has 0 unspecified atom stereocenters. The maximum Gasteiger partial charge on any atom is 0.168 e. The van der Waals surface area contributed by atoms with Crippen LogP contribution in [0.4, 0.5) is 11.4 Å². The molecule has 0 radical (unpaired) electrons. The third kappa shape index (κ3) is 3.22. The molecule has 0 aromatic heterocycles. The van der Waals surface area contributed by atoms with Crippen LogP contribution in [0.2, 0.25) is 0 Å². The van der Waals surface area contributed by atoms with Gasteiger partial charge in [-0.25, -0.2) is 0 Å². The molecule has 4 N–H and O–H groups in total. The van der Waals surface area contributed by atoms with Gasteiger partial charge in [0.05, 0.1) is 11.4 Å². The van der Waals surface area contributed by atoms with Crippen LogP contribution in [0.25, 0.3) is 0 Å². The highest BCUT2D eigenvalue weighted by molar-refractivity contribution is 7.80. The van der Waals surface area contributed by atoms with Gasteiger partial charge in [-0.05, 0) is 38.2 Å². The van der Waals surface area contributed by atoms with E-state index < -0.39 is 0 Å². The van der Waals surface area contributed by atoms with Crippen molar-refractivity contribution in [1.82, 2.24) is 0 Å². The molecule has 1 rings (SSSR count). The summed E-state index contributed by atoms with van der Waals surface area (Å²) in [7, 11) is 0. The van der Waals surface area contributed by atoms with Gasteiger partial charge in [0, 0.05) is 6.04 Å². The normalized spacial score (nSPS) is 9.93. The fourth-order valence-corrected chi connectivity index (χ4v) is 1.27. The van der Waals surface area contributed by atoms with Crippen molar-refractivity contribution in [2.24, 2.45) is 5.73 Å². The van der Waals surface area contributed by atoms with E-state index in [1.807, 2.05) is 24.3 Å². The lowest BCUT2D eigenvalue weighted by molar-refractivity contribution is 0.900. The Hall–Kier alpha value is -1.29. The maximum atomic E-state index is 5.42. The Morgan fingerprint density at radius 2 is 1.86 bits per heavy atom. The number of nitrogens with one attached hydrogen (secondary N) is 2. The van der Waals surface area contributed by atoms with E-state index in [1.165, 1.54) is 0 Å². The molecular formula is C10H15N3S. The molecule has 1 aromatic carbocycles. The van der Waals surface area contributed by atoms with Crippen LogP contribution in [0.1, 0.15) is 13.8 Å². The minimum atomic E-state index is 0.281. The molecule has 0 fully saturated rings. The van der Waals surface area contributed by atoms with Crippen molar-refractivity contribution in [2.45, 2.75) is 19.9 Å². The first kappa shape index (κ1) is 10.8. The largest absolute Gasteiger partial charge is 0.381 e. The van der Waals surface area contributed by atoms with Crippen molar-refractivity contribution >= 4 is 28.7 Å². The zero-order chi connectivity index (χ0) is 10.6. The fraction of sp³-hybridized carbons (Fsp3) is 0.300. The average Bonchev–Trinajstić information content (AvgIpc) is 2.06. The van der Waals surface area contributed by atoms with Gasteiger partial charge < -0.3 is 16.4 Å². The van der Waals surface area contributed by atoms with Gasteiger partial charge in [0.25, 0.3) is 0 Å². The molecule has 14 heavy (non-hydrogen) atoms. The Labute approximate surface area is 89.7 Å². The van der Waals surface area contributed by atoms with Gasteiger partial charge in [-0.15, -0.1) is 0 Å². The number of hydrogen-bond donors (Lipinski definition) is 3. The Balaban J connectivity index is 2.85. The predicted octanol–water partition coefficient (Wildman–Crippen LogP) is 2.16. The Bertz CT molecular complexity index is 323. The van der Waals surface area contributed by atoms with Crippen LogP contribution >= 0.6 is 12.2 Å². The third-order valence-corrected chi connectivity index (χ3v) is 1.73. The zero-order valence-corrected chi connectivity index (χ0v) is 9.19. The molecular weight excluding hydrogens is 194 g/mol. The summed E-state index contributed by atoms with van der Waals surface area (Å²) in [5.74, 6) is 0. The molecule has 0 heterocycles. The average molecular weight is 209 g/mol.